The summed E-state index contributed by atoms with van der Waals surface area (Å²) >= 11 is 0. The van der Waals surface area contributed by atoms with E-state index < -0.39 is 0 Å². The lowest BCUT2D eigenvalue weighted by atomic mass is 9.92. The van der Waals surface area contributed by atoms with E-state index >= 15 is 0 Å². The Morgan fingerprint density at radius 3 is 2.87 bits per heavy atom. The van der Waals surface area contributed by atoms with Crippen molar-refractivity contribution in [3.8, 4) is 5.69 Å². The van der Waals surface area contributed by atoms with Gasteiger partial charge in [0.1, 0.15) is 0 Å². The van der Waals surface area contributed by atoms with Gasteiger partial charge >= 0.3 is 0 Å². The van der Waals surface area contributed by atoms with Crippen LogP contribution in [0.25, 0.3) is 5.69 Å². The Labute approximate surface area is 137 Å². The van der Waals surface area contributed by atoms with Gasteiger partial charge in [0.15, 0.2) is 0 Å². The molecule has 3 rings (SSSR count). The van der Waals surface area contributed by atoms with Gasteiger partial charge in [-0.3, -0.25) is 4.79 Å². The van der Waals surface area contributed by atoms with Crippen molar-refractivity contribution in [2.24, 2.45) is 5.92 Å². The number of piperidine rings is 1. The molecule has 0 aliphatic carbocycles. The summed E-state index contributed by atoms with van der Waals surface area (Å²) < 4.78 is 1.90. The third kappa shape index (κ3) is 3.62. The molecule has 1 aromatic heterocycles. The Morgan fingerprint density at radius 2 is 2.17 bits per heavy atom. The third-order valence-corrected chi connectivity index (χ3v) is 4.36. The van der Waals surface area contributed by atoms with Crippen LogP contribution in [0.2, 0.25) is 0 Å². The average Bonchev–Trinajstić information content (AvgIpc) is 2.86. The number of aryl methyl sites for hydroxylation is 2. The molecule has 1 aromatic carbocycles. The van der Waals surface area contributed by atoms with E-state index in [1.165, 1.54) is 0 Å². The summed E-state index contributed by atoms with van der Waals surface area (Å²) in [5.41, 5.74) is 3.86. The lowest BCUT2D eigenvalue weighted by Gasteiger charge is -2.27. The minimum Gasteiger partial charge on any atom is -0.326 e. The number of benzene rings is 1. The Balaban J connectivity index is 1.75. The van der Waals surface area contributed by atoms with Crippen molar-refractivity contribution in [2.45, 2.75) is 39.7 Å². The van der Waals surface area contributed by atoms with Gasteiger partial charge < -0.3 is 10.6 Å². The van der Waals surface area contributed by atoms with E-state index in [1.54, 1.807) is 0 Å². The molecule has 1 aliphatic heterocycles. The summed E-state index contributed by atoms with van der Waals surface area (Å²) in [6, 6.07) is 10.3. The average molecular weight is 312 g/mol. The van der Waals surface area contributed by atoms with Crippen molar-refractivity contribution in [3.63, 3.8) is 0 Å². The first kappa shape index (κ1) is 15.7. The summed E-state index contributed by atoms with van der Waals surface area (Å²) in [5, 5.41) is 10.9. The van der Waals surface area contributed by atoms with Crippen molar-refractivity contribution >= 4 is 11.6 Å². The van der Waals surface area contributed by atoms with Crippen LogP contribution in [0, 0.1) is 19.8 Å². The molecule has 2 N–H and O–H groups in total. The summed E-state index contributed by atoms with van der Waals surface area (Å²) in [6.07, 6.45) is 1.79. The molecule has 0 spiro atoms. The minimum atomic E-state index is 0.0867. The molecule has 2 atom stereocenters. The van der Waals surface area contributed by atoms with Gasteiger partial charge in [0, 0.05) is 23.3 Å². The molecule has 0 saturated carbocycles. The van der Waals surface area contributed by atoms with Crippen molar-refractivity contribution in [2.75, 3.05) is 11.9 Å². The van der Waals surface area contributed by atoms with Crippen LogP contribution in [-0.4, -0.2) is 28.3 Å². The first-order valence-corrected chi connectivity index (χ1v) is 8.21. The maximum atomic E-state index is 12.5. The number of carbonyl (C=O) groups excluding carboxylic acids is 1. The van der Waals surface area contributed by atoms with Gasteiger partial charge in [0.25, 0.3) is 0 Å². The fourth-order valence-corrected chi connectivity index (χ4v) is 3.22. The third-order valence-electron chi connectivity index (χ3n) is 4.36. The highest BCUT2D eigenvalue weighted by molar-refractivity contribution is 5.92. The monoisotopic (exact) mass is 312 g/mol. The van der Waals surface area contributed by atoms with Crippen LogP contribution in [0.1, 0.15) is 31.2 Å². The Bertz CT molecular complexity index is 707. The van der Waals surface area contributed by atoms with Gasteiger partial charge in [0.2, 0.25) is 5.91 Å². The highest BCUT2D eigenvalue weighted by Crippen LogP contribution is 2.21. The summed E-state index contributed by atoms with van der Waals surface area (Å²) in [5.74, 6) is 0.201. The van der Waals surface area contributed by atoms with E-state index in [2.05, 4.69) is 22.7 Å². The first-order chi connectivity index (χ1) is 11.0. The number of anilines is 1. The van der Waals surface area contributed by atoms with E-state index in [4.69, 9.17) is 0 Å². The van der Waals surface area contributed by atoms with Gasteiger partial charge in [-0.05, 0) is 64.4 Å². The van der Waals surface area contributed by atoms with E-state index in [0.29, 0.717) is 6.04 Å². The molecule has 1 amide bonds. The molecule has 2 aromatic rings. The number of carbonyl (C=O) groups is 1. The highest BCUT2D eigenvalue weighted by Gasteiger charge is 2.24. The predicted molar refractivity (Wildman–Crippen MR) is 91.9 cm³/mol. The molecule has 122 valence electrons. The SMILES string of the molecule is Cc1cc(C)n(-c2cccc(NC(=O)[C@H]3CCN[C@@H](C)C3)c2)n1. The number of nitrogens with zero attached hydrogens (tertiary/aromatic N) is 2. The fraction of sp³-hybridized carbons (Fsp3) is 0.444. The summed E-state index contributed by atoms with van der Waals surface area (Å²) in [4.78, 5) is 12.5. The lowest BCUT2D eigenvalue weighted by Crippen LogP contribution is -2.40. The van der Waals surface area contributed by atoms with Crippen LogP contribution in [0.4, 0.5) is 5.69 Å². The Kier molecular flexibility index (Phi) is 4.48. The van der Waals surface area contributed by atoms with Crippen LogP contribution in [-0.2, 0) is 4.79 Å². The van der Waals surface area contributed by atoms with E-state index in [9.17, 15) is 4.79 Å². The second kappa shape index (κ2) is 6.54. The van der Waals surface area contributed by atoms with Crippen LogP contribution >= 0.6 is 0 Å². The van der Waals surface area contributed by atoms with Gasteiger partial charge in [0.05, 0.1) is 11.4 Å². The van der Waals surface area contributed by atoms with E-state index in [0.717, 1.165) is 42.1 Å². The quantitative estimate of drug-likeness (QED) is 0.916. The maximum absolute atomic E-state index is 12.5. The van der Waals surface area contributed by atoms with Crippen LogP contribution in [0.15, 0.2) is 30.3 Å². The van der Waals surface area contributed by atoms with Crippen LogP contribution < -0.4 is 10.6 Å². The predicted octanol–water partition coefficient (Wildman–Crippen LogP) is 2.82. The number of hydrogen-bond acceptors (Lipinski definition) is 3. The minimum absolute atomic E-state index is 0.0867. The van der Waals surface area contributed by atoms with E-state index in [1.807, 2.05) is 48.9 Å². The fourth-order valence-electron chi connectivity index (χ4n) is 3.22. The number of rotatable bonds is 3. The van der Waals surface area contributed by atoms with Gasteiger partial charge in [-0.2, -0.15) is 5.10 Å². The normalized spacial score (nSPS) is 21.2. The smallest absolute Gasteiger partial charge is 0.227 e. The molecule has 0 bridgehead atoms. The van der Waals surface area contributed by atoms with Crippen LogP contribution in [0.3, 0.4) is 0 Å². The van der Waals surface area contributed by atoms with Gasteiger partial charge in [-0.1, -0.05) is 6.07 Å². The van der Waals surface area contributed by atoms with Crippen molar-refractivity contribution in [1.29, 1.82) is 0 Å². The topological polar surface area (TPSA) is 59.0 Å². The van der Waals surface area contributed by atoms with Crippen molar-refractivity contribution < 1.29 is 4.79 Å². The molecule has 0 unspecified atom stereocenters. The highest BCUT2D eigenvalue weighted by atomic mass is 16.1. The molecule has 5 nitrogen and oxygen atoms in total. The zero-order chi connectivity index (χ0) is 16.4. The van der Waals surface area contributed by atoms with Crippen molar-refractivity contribution in [3.05, 3.63) is 41.7 Å². The summed E-state index contributed by atoms with van der Waals surface area (Å²) in [7, 11) is 0. The number of amides is 1. The molecular weight excluding hydrogens is 288 g/mol. The molecule has 1 saturated heterocycles. The second-order valence-electron chi connectivity index (χ2n) is 6.45. The maximum Gasteiger partial charge on any atom is 0.227 e. The molecule has 5 heteroatoms. The zero-order valence-electron chi connectivity index (χ0n) is 14.0. The van der Waals surface area contributed by atoms with Crippen LogP contribution in [0.5, 0.6) is 0 Å². The van der Waals surface area contributed by atoms with Gasteiger partial charge in [-0.15, -0.1) is 0 Å². The van der Waals surface area contributed by atoms with Gasteiger partial charge in [-0.25, -0.2) is 4.68 Å². The largest absolute Gasteiger partial charge is 0.326 e. The lowest BCUT2D eigenvalue weighted by molar-refractivity contribution is -0.120. The molecule has 1 fully saturated rings. The van der Waals surface area contributed by atoms with Crippen molar-refractivity contribution in [1.82, 2.24) is 15.1 Å². The second-order valence-corrected chi connectivity index (χ2v) is 6.45. The molecular formula is C18H24N4O. The van der Waals surface area contributed by atoms with E-state index in [-0.39, 0.29) is 11.8 Å². The Hall–Kier alpha value is -2.14. The Morgan fingerprint density at radius 1 is 1.35 bits per heavy atom. The molecule has 2 heterocycles. The number of aromatic nitrogens is 2. The molecule has 1 aliphatic rings. The molecule has 0 radical (unpaired) electrons. The summed E-state index contributed by atoms with van der Waals surface area (Å²) in [6.45, 7) is 7.04. The zero-order valence-corrected chi connectivity index (χ0v) is 14.0. The first-order valence-electron chi connectivity index (χ1n) is 8.21. The number of nitrogens with one attached hydrogen (secondary N) is 2. The molecule has 23 heavy (non-hydrogen) atoms. The number of hydrogen-bond donors (Lipinski definition) is 2. The standard InChI is InChI=1S/C18H24N4O/c1-12-10-15(7-8-19-12)18(23)20-16-5-4-6-17(11-16)22-14(3)9-13(2)21-22/h4-6,9,11-12,15,19H,7-8,10H2,1-3H3,(H,20,23)/t12-,15-/m0/s1.